The maximum absolute atomic E-state index is 11.6. The van der Waals surface area contributed by atoms with Crippen molar-refractivity contribution in [1.29, 1.82) is 0 Å². The minimum Gasteiger partial charge on any atom is -0.497 e. The van der Waals surface area contributed by atoms with Crippen LogP contribution in [0.25, 0.3) is 0 Å². The first-order valence-electron chi connectivity index (χ1n) is 9.67. The van der Waals surface area contributed by atoms with Gasteiger partial charge in [-0.3, -0.25) is 5.01 Å². The van der Waals surface area contributed by atoms with Crippen molar-refractivity contribution < 1.29 is 17.9 Å². The van der Waals surface area contributed by atoms with Crippen LogP contribution >= 0.6 is 0 Å². The summed E-state index contributed by atoms with van der Waals surface area (Å²) in [5, 5.41) is 12.0. The smallest absolute Gasteiger partial charge is 0.238 e. The predicted molar refractivity (Wildman–Crippen MR) is 120 cm³/mol. The van der Waals surface area contributed by atoms with Gasteiger partial charge >= 0.3 is 0 Å². The number of methoxy groups -OCH3 is 2. The van der Waals surface area contributed by atoms with Gasteiger partial charge in [0.1, 0.15) is 11.5 Å². The molecule has 0 fully saturated rings. The highest BCUT2D eigenvalue weighted by molar-refractivity contribution is 7.89. The Morgan fingerprint density at radius 1 is 0.968 bits per heavy atom. The fourth-order valence-corrected chi connectivity index (χ4v) is 4.19. The van der Waals surface area contributed by atoms with E-state index in [0.717, 1.165) is 22.5 Å². The number of hydrogen-bond acceptors (Lipinski definition) is 6. The minimum absolute atomic E-state index is 0.0567. The lowest BCUT2D eigenvalue weighted by Crippen LogP contribution is -2.19. The van der Waals surface area contributed by atoms with E-state index < -0.39 is 10.0 Å². The van der Waals surface area contributed by atoms with Crippen LogP contribution in [0.3, 0.4) is 0 Å². The van der Waals surface area contributed by atoms with Gasteiger partial charge in [0.2, 0.25) is 10.0 Å². The van der Waals surface area contributed by atoms with Gasteiger partial charge in [-0.25, -0.2) is 13.6 Å². The first-order valence-corrected chi connectivity index (χ1v) is 11.2. The Bertz CT molecular complexity index is 1210. The molecule has 0 aliphatic carbocycles. The Balaban J connectivity index is 1.79. The van der Waals surface area contributed by atoms with Gasteiger partial charge in [-0.1, -0.05) is 30.3 Å². The number of sulfonamides is 1. The van der Waals surface area contributed by atoms with Gasteiger partial charge in [0.15, 0.2) is 0 Å². The number of nitrogens with zero attached hydrogens (tertiary/aromatic N) is 2. The van der Waals surface area contributed by atoms with Crippen LogP contribution < -0.4 is 19.6 Å². The molecule has 7 nitrogen and oxygen atoms in total. The second kappa shape index (κ2) is 8.41. The van der Waals surface area contributed by atoms with E-state index in [1.54, 1.807) is 26.4 Å². The first-order chi connectivity index (χ1) is 14.9. The zero-order valence-electron chi connectivity index (χ0n) is 17.2. The zero-order chi connectivity index (χ0) is 22.0. The second-order valence-corrected chi connectivity index (χ2v) is 8.69. The Hall–Kier alpha value is -3.36. The molecule has 0 aromatic heterocycles. The monoisotopic (exact) mass is 437 g/mol. The van der Waals surface area contributed by atoms with Crippen LogP contribution in [0.4, 0.5) is 5.69 Å². The van der Waals surface area contributed by atoms with E-state index in [1.165, 1.54) is 12.1 Å². The molecule has 3 aromatic carbocycles. The summed E-state index contributed by atoms with van der Waals surface area (Å²) in [6, 6.07) is 21.9. The van der Waals surface area contributed by atoms with E-state index in [0.29, 0.717) is 17.9 Å². The highest BCUT2D eigenvalue weighted by Crippen LogP contribution is 2.41. The van der Waals surface area contributed by atoms with Crippen molar-refractivity contribution in [3.63, 3.8) is 0 Å². The van der Waals surface area contributed by atoms with Gasteiger partial charge in [-0.15, -0.1) is 0 Å². The van der Waals surface area contributed by atoms with Crippen LogP contribution in [-0.2, 0) is 10.0 Å². The van der Waals surface area contributed by atoms with Gasteiger partial charge in [-0.2, -0.15) is 5.10 Å². The molecule has 4 rings (SSSR count). The molecule has 3 aromatic rings. The lowest BCUT2D eigenvalue weighted by Gasteiger charge is -2.25. The molecular formula is C23H23N3O4S. The largest absolute Gasteiger partial charge is 0.497 e. The molecule has 0 radical (unpaired) electrons. The summed E-state index contributed by atoms with van der Waals surface area (Å²) in [6.45, 7) is 0. The summed E-state index contributed by atoms with van der Waals surface area (Å²) < 4.78 is 34.2. The maximum atomic E-state index is 11.6. The third kappa shape index (κ3) is 4.26. The molecule has 0 amide bonds. The van der Waals surface area contributed by atoms with E-state index in [4.69, 9.17) is 19.7 Å². The Labute approximate surface area is 181 Å². The molecule has 0 bridgehead atoms. The molecular weight excluding hydrogens is 414 g/mol. The van der Waals surface area contributed by atoms with Gasteiger partial charge in [0.05, 0.1) is 36.6 Å². The molecule has 0 spiro atoms. The van der Waals surface area contributed by atoms with Crippen LogP contribution in [0, 0.1) is 0 Å². The van der Waals surface area contributed by atoms with E-state index in [1.807, 2.05) is 53.5 Å². The fraction of sp³-hybridized carbons (Fsp3) is 0.174. The molecule has 1 heterocycles. The van der Waals surface area contributed by atoms with Crippen LogP contribution in [0.1, 0.15) is 23.6 Å². The number of primary sulfonamides is 1. The van der Waals surface area contributed by atoms with E-state index >= 15 is 0 Å². The predicted octanol–water partition coefficient (Wildman–Crippen LogP) is 3.71. The second-order valence-electron chi connectivity index (χ2n) is 7.12. The number of benzene rings is 3. The fourth-order valence-electron chi connectivity index (χ4n) is 3.68. The van der Waals surface area contributed by atoms with Gasteiger partial charge in [-0.05, 0) is 42.0 Å². The van der Waals surface area contributed by atoms with Crippen LogP contribution in [0.5, 0.6) is 11.5 Å². The minimum atomic E-state index is -3.77. The van der Waals surface area contributed by atoms with Crippen molar-refractivity contribution in [1.82, 2.24) is 0 Å². The molecule has 1 atom stereocenters. The van der Waals surface area contributed by atoms with Crippen molar-refractivity contribution >= 4 is 21.4 Å². The Morgan fingerprint density at radius 2 is 1.68 bits per heavy atom. The quantitative estimate of drug-likeness (QED) is 0.634. The average Bonchev–Trinajstić information content (AvgIpc) is 3.24. The molecule has 0 saturated carbocycles. The lowest BCUT2D eigenvalue weighted by molar-refractivity contribution is 0.388. The topological polar surface area (TPSA) is 94.2 Å². The number of nitrogens with two attached hydrogens (primary N) is 1. The summed E-state index contributed by atoms with van der Waals surface area (Å²) in [7, 11) is -0.536. The summed E-state index contributed by atoms with van der Waals surface area (Å²) in [4.78, 5) is 0.0567. The van der Waals surface area contributed by atoms with Crippen LogP contribution in [0.15, 0.2) is 82.8 Å². The van der Waals surface area contributed by atoms with Crippen LogP contribution in [0.2, 0.25) is 0 Å². The number of rotatable bonds is 6. The summed E-state index contributed by atoms with van der Waals surface area (Å²) in [6.07, 6.45) is 0.656. The Kier molecular flexibility index (Phi) is 5.67. The van der Waals surface area contributed by atoms with Gasteiger partial charge in [0.25, 0.3) is 0 Å². The molecule has 1 aliphatic heterocycles. The maximum Gasteiger partial charge on any atom is 0.238 e. The third-order valence-corrected chi connectivity index (χ3v) is 6.18. The standard InChI is InChI=1S/C23H23N3O4S/c1-29-18-10-13-20(23(14-18)30-2)22-15-21(16-6-4-3-5-7-16)25-26(22)17-8-11-19(12-9-17)31(24,27)28/h3-14,22H,15H2,1-2H3,(H2,24,27,28). The third-order valence-electron chi connectivity index (χ3n) is 5.25. The molecule has 31 heavy (non-hydrogen) atoms. The average molecular weight is 438 g/mol. The molecule has 8 heteroatoms. The highest BCUT2D eigenvalue weighted by atomic mass is 32.2. The highest BCUT2D eigenvalue weighted by Gasteiger charge is 2.32. The molecule has 0 saturated heterocycles. The van der Waals surface area contributed by atoms with E-state index in [-0.39, 0.29) is 10.9 Å². The number of hydrazone groups is 1. The van der Waals surface area contributed by atoms with Crippen LogP contribution in [-0.4, -0.2) is 28.3 Å². The summed E-state index contributed by atoms with van der Waals surface area (Å²) in [5.74, 6) is 1.40. The number of ether oxygens (including phenoxy) is 2. The summed E-state index contributed by atoms with van der Waals surface area (Å²) >= 11 is 0. The zero-order valence-corrected chi connectivity index (χ0v) is 18.0. The number of anilines is 1. The first kappa shape index (κ1) is 20.9. The number of hydrogen-bond donors (Lipinski definition) is 1. The van der Waals surface area contributed by atoms with E-state index in [9.17, 15) is 8.42 Å². The summed E-state index contributed by atoms with van der Waals surface area (Å²) in [5.41, 5.74) is 3.66. The van der Waals surface area contributed by atoms with E-state index in [2.05, 4.69) is 0 Å². The normalized spacial score (nSPS) is 16.2. The lowest BCUT2D eigenvalue weighted by atomic mass is 9.97. The van der Waals surface area contributed by atoms with Gasteiger partial charge in [0, 0.05) is 18.1 Å². The van der Waals surface area contributed by atoms with Crippen molar-refractivity contribution in [2.45, 2.75) is 17.4 Å². The molecule has 1 aliphatic rings. The molecule has 2 N–H and O–H groups in total. The van der Waals surface area contributed by atoms with Crippen molar-refractivity contribution in [3.8, 4) is 11.5 Å². The SMILES string of the molecule is COc1ccc(C2CC(c3ccccc3)=NN2c2ccc(S(N)(=O)=O)cc2)c(OC)c1. The Morgan fingerprint density at radius 3 is 2.29 bits per heavy atom. The van der Waals surface area contributed by atoms with Crippen molar-refractivity contribution in [2.24, 2.45) is 10.2 Å². The van der Waals surface area contributed by atoms with Gasteiger partial charge < -0.3 is 9.47 Å². The van der Waals surface area contributed by atoms with Crippen molar-refractivity contribution in [2.75, 3.05) is 19.2 Å². The molecule has 160 valence electrons. The van der Waals surface area contributed by atoms with Crippen molar-refractivity contribution in [3.05, 3.63) is 83.9 Å². The molecule has 1 unspecified atom stereocenters.